The lowest BCUT2D eigenvalue weighted by molar-refractivity contribution is 0.102. The zero-order valence-corrected chi connectivity index (χ0v) is 15.7. The highest BCUT2D eigenvalue weighted by atomic mass is 32.2. The van der Waals surface area contributed by atoms with E-state index in [1.807, 2.05) is 0 Å². The Morgan fingerprint density at radius 3 is 2.41 bits per heavy atom. The van der Waals surface area contributed by atoms with Gasteiger partial charge in [-0.15, -0.1) is 0 Å². The van der Waals surface area contributed by atoms with Gasteiger partial charge in [-0.2, -0.15) is 4.31 Å². The second-order valence-corrected chi connectivity index (χ2v) is 8.43. The first kappa shape index (κ1) is 19.4. The Hall–Kier alpha value is -2.32. The maximum absolute atomic E-state index is 13.8. The van der Waals surface area contributed by atoms with E-state index in [0.717, 1.165) is 31.4 Å². The van der Waals surface area contributed by atoms with Crippen molar-refractivity contribution in [1.29, 1.82) is 0 Å². The monoisotopic (exact) mass is 394 g/mol. The van der Waals surface area contributed by atoms with Crippen LogP contribution in [0.1, 0.15) is 35.2 Å². The summed E-state index contributed by atoms with van der Waals surface area (Å²) in [5, 5.41) is 2.48. The summed E-state index contributed by atoms with van der Waals surface area (Å²) in [5.74, 6) is -2.55. The van der Waals surface area contributed by atoms with E-state index in [1.165, 1.54) is 10.4 Å². The van der Waals surface area contributed by atoms with Crippen LogP contribution in [0.5, 0.6) is 0 Å². The Bertz CT molecular complexity index is 971. The zero-order valence-electron chi connectivity index (χ0n) is 14.8. The van der Waals surface area contributed by atoms with Gasteiger partial charge in [0.25, 0.3) is 5.91 Å². The van der Waals surface area contributed by atoms with Gasteiger partial charge >= 0.3 is 0 Å². The summed E-state index contributed by atoms with van der Waals surface area (Å²) < 4.78 is 54.1. The number of hydrogen-bond donors (Lipinski definition) is 1. The molecule has 3 rings (SSSR count). The smallest absolute Gasteiger partial charge is 0.258 e. The highest BCUT2D eigenvalue weighted by Crippen LogP contribution is 2.26. The molecule has 0 radical (unpaired) electrons. The minimum atomic E-state index is -3.67. The number of halogens is 2. The standard InChI is InChI=1S/C19H20F2N2O3S/c1-13-5-7-15(22-19(24)16-8-6-14(20)11-17(16)21)12-18(13)27(25,26)23-9-3-2-4-10-23/h5-8,11-12H,2-4,9-10H2,1H3,(H,22,24). The highest BCUT2D eigenvalue weighted by Gasteiger charge is 2.27. The lowest BCUT2D eigenvalue weighted by Gasteiger charge is -2.26. The molecule has 0 atom stereocenters. The summed E-state index contributed by atoms with van der Waals surface area (Å²) in [6, 6.07) is 7.16. The molecule has 5 nitrogen and oxygen atoms in total. The number of piperidine rings is 1. The van der Waals surface area contributed by atoms with Gasteiger partial charge in [-0.05, 0) is 49.6 Å². The molecule has 0 bridgehead atoms. The van der Waals surface area contributed by atoms with Gasteiger partial charge in [0.1, 0.15) is 11.6 Å². The fourth-order valence-electron chi connectivity index (χ4n) is 3.07. The predicted octanol–water partition coefficient (Wildman–Crippen LogP) is 3.70. The molecule has 2 aromatic carbocycles. The average molecular weight is 394 g/mol. The second kappa shape index (κ2) is 7.74. The van der Waals surface area contributed by atoms with Crippen molar-refractivity contribution in [1.82, 2.24) is 4.31 Å². The van der Waals surface area contributed by atoms with Gasteiger partial charge < -0.3 is 5.32 Å². The maximum atomic E-state index is 13.8. The molecule has 1 fully saturated rings. The van der Waals surface area contributed by atoms with Gasteiger partial charge in [0.2, 0.25) is 10.0 Å². The maximum Gasteiger partial charge on any atom is 0.258 e. The van der Waals surface area contributed by atoms with Crippen molar-refractivity contribution >= 4 is 21.6 Å². The largest absolute Gasteiger partial charge is 0.322 e. The van der Waals surface area contributed by atoms with Crippen molar-refractivity contribution in [3.05, 3.63) is 59.2 Å². The van der Waals surface area contributed by atoms with Crippen molar-refractivity contribution in [2.24, 2.45) is 0 Å². The van der Waals surface area contributed by atoms with Crippen molar-refractivity contribution in [2.45, 2.75) is 31.1 Å². The second-order valence-electron chi connectivity index (χ2n) is 6.52. The molecular weight excluding hydrogens is 374 g/mol. The molecule has 144 valence electrons. The van der Waals surface area contributed by atoms with Gasteiger partial charge in [0.05, 0.1) is 10.5 Å². The molecule has 1 aliphatic heterocycles. The van der Waals surface area contributed by atoms with Crippen LogP contribution in [0.15, 0.2) is 41.3 Å². The molecule has 8 heteroatoms. The van der Waals surface area contributed by atoms with Crippen molar-refractivity contribution in [3.8, 4) is 0 Å². The number of benzene rings is 2. The van der Waals surface area contributed by atoms with Gasteiger partial charge in [-0.1, -0.05) is 12.5 Å². The molecule has 0 unspecified atom stereocenters. The minimum absolute atomic E-state index is 0.113. The van der Waals surface area contributed by atoms with Crippen molar-refractivity contribution in [3.63, 3.8) is 0 Å². The lowest BCUT2D eigenvalue weighted by atomic mass is 10.1. The molecule has 1 aliphatic rings. The van der Waals surface area contributed by atoms with E-state index >= 15 is 0 Å². The molecule has 1 amide bonds. The van der Waals surface area contributed by atoms with Crippen molar-refractivity contribution < 1.29 is 22.0 Å². The molecule has 0 spiro atoms. The Morgan fingerprint density at radius 1 is 1.04 bits per heavy atom. The number of nitrogens with zero attached hydrogens (tertiary/aromatic N) is 1. The van der Waals surface area contributed by atoms with E-state index < -0.39 is 27.6 Å². The van der Waals surface area contributed by atoms with Crippen LogP contribution in [0.2, 0.25) is 0 Å². The molecule has 27 heavy (non-hydrogen) atoms. The van der Waals surface area contributed by atoms with Crippen LogP contribution in [0, 0.1) is 18.6 Å². The summed E-state index contributed by atoms with van der Waals surface area (Å²) in [6.07, 6.45) is 2.64. The Labute approximate surface area is 157 Å². The number of rotatable bonds is 4. The number of anilines is 1. The van der Waals surface area contributed by atoms with Crippen LogP contribution < -0.4 is 5.32 Å². The molecule has 0 aliphatic carbocycles. The van der Waals surface area contributed by atoms with Crippen LogP contribution >= 0.6 is 0 Å². The Balaban J connectivity index is 1.88. The number of aryl methyl sites for hydroxylation is 1. The van der Waals surface area contributed by atoms with E-state index in [0.29, 0.717) is 24.7 Å². The average Bonchev–Trinajstić information content (AvgIpc) is 2.63. The SMILES string of the molecule is Cc1ccc(NC(=O)c2ccc(F)cc2F)cc1S(=O)(=O)N1CCCCC1. The summed E-state index contributed by atoms with van der Waals surface area (Å²) in [6.45, 7) is 2.63. The predicted molar refractivity (Wildman–Crippen MR) is 98.1 cm³/mol. The van der Waals surface area contributed by atoms with Gasteiger partial charge in [-0.25, -0.2) is 17.2 Å². The Morgan fingerprint density at radius 2 is 1.74 bits per heavy atom. The molecule has 0 saturated carbocycles. The number of sulfonamides is 1. The van der Waals surface area contributed by atoms with E-state index in [9.17, 15) is 22.0 Å². The molecule has 1 saturated heterocycles. The first-order valence-corrected chi connectivity index (χ1v) is 10.1. The summed E-state index contributed by atoms with van der Waals surface area (Å²) in [5.41, 5.74) is 0.467. The summed E-state index contributed by atoms with van der Waals surface area (Å²) in [4.78, 5) is 12.4. The first-order chi connectivity index (χ1) is 12.8. The fourth-order valence-corrected chi connectivity index (χ4v) is 4.84. The Kier molecular flexibility index (Phi) is 5.57. The third-order valence-corrected chi connectivity index (χ3v) is 6.60. The molecular formula is C19H20F2N2O3S. The topological polar surface area (TPSA) is 66.5 Å². The van der Waals surface area contributed by atoms with E-state index in [1.54, 1.807) is 19.1 Å². The van der Waals surface area contributed by atoms with Crippen molar-refractivity contribution in [2.75, 3.05) is 18.4 Å². The number of amides is 1. The molecule has 2 aromatic rings. The number of carbonyl (C=O) groups is 1. The minimum Gasteiger partial charge on any atom is -0.322 e. The van der Waals surface area contributed by atoms with Crippen LogP contribution in [0.4, 0.5) is 14.5 Å². The highest BCUT2D eigenvalue weighted by molar-refractivity contribution is 7.89. The number of hydrogen-bond acceptors (Lipinski definition) is 3. The first-order valence-electron chi connectivity index (χ1n) is 8.66. The van der Waals surface area contributed by atoms with Gasteiger partial charge in [0, 0.05) is 24.8 Å². The third kappa shape index (κ3) is 4.17. The van der Waals surface area contributed by atoms with Gasteiger partial charge in [-0.3, -0.25) is 4.79 Å². The molecule has 1 heterocycles. The summed E-state index contributed by atoms with van der Waals surface area (Å²) in [7, 11) is -3.67. The number of carbonyl (C=O) groups excluding carboxylic acids is 1. The molecule has 1 N–H and O–H groups in total. The van der Waals surface area contributed by atoms with Crippen LogP contribution in [0.25, 0.3) is 0 Å². The van der Waals surface area contributed by atoms with Crippen LogP contribution in [0.3, 0.4) is 0 Å². The normalized spacial score (nSPS) is 15.5. The fraction of sp³-hybridized carbons (Fsp3) is 0.316. The lowest BCUT2D eigenvalue weighted by Crippen LogP contribution is -2.36. The summed E-state index contributed by atoms with van der Waals surface area (Å²) >= 11 is 0. The zero-order chi connectivity index (χ0) is 19.6. The van der Waals surface area contributed by atoms with Crippen LogP contribution in [-0.2, 0) is 10.0 Å². The van der Waals surface area contributed by atoms with Crippen LogP contribution in [-0.4, -0.2) is 31.7 Å². The number of nitrogens with one attached hydrogen (secondary N) is 1. The quantitative estimate of drug-likeness (QED) is 0.860. The van der Waals surface area contributed by atoms with E-state index in [-0.39, 0.29) is 16.1 Å². The van der Waals surface area contributed by atoms with Gasteiger partial charge in [0.15, 0.2) is 0 Å². The van der Waals surface area contributed by atoms with E-state index in [2.05, 4.69) is 5.32 Å². The van der Waals surface area contributed by atoms with E-state index in [4.69, 9.17) is 0 Å². The molecule has 0 aromatic heterocycles. The third-order valence-electron chi connectivity index (χ3n) is 4.55.